The van der Waals surface area contributed by atoms with Crippen LogP contribution in [0.15, 0.2) is 88.7 Å². The molecule has 5 N–H and O–H groups in total. The second kappa shape index (κ2) is 10.5. The van der Waals surface area contributed by atoms with Gasteiger partial charge in [-0.3, -0.25) is 14.4 Å². The SMILES string of the molecule is O=C(O)Nc1ccccc1-c1ccc(O)c(Cl)c1.O=S(=O)(O)c1cccc2c(S(=O)(=O)O)cccc12. The normalized spacial score (nSPS) is 11.4. The molecule has 4 aromatic carbocycles. The third kappa shape index (κ3) is 6.30. The summed E-state index contributed by atoms with van der Waals surface area (Å²) in [6, 6.07) is 19.2. The molecule has 0 spiro atoms. The number of halogens is 1. The van der Waals surface area contributed by atoms with Crippen molar-refractivity contribution < 1.29 is 40.9 Å². The highest BCUT2D eigenvalue weighted by molar-refractivity contribution is 7.86. The summed E-state index contributed by atoms with van der Waals surface area (Å²) in [6.45, 7) is 0. The number of benzene rings is 4. The number of phenols is 1. The molecule has 4 aromatic rings. The van der Waals surface area contributed by atoms with Crippen molar-refractivity contribution in [3.05, 3.63) is 83.9 Å². The van der Waals surface area contributed by atoms with Gasteiger partial charge < -0.3 is 10.2 Å². The zero-order valence-corrected chi connectivity index (χ0v) is 20.4. The molecule has 0 fully saturated rings. The van der Waals surface area contributed by atoms with Crippen molar-refractivity contribution in [3.63, 3.8) is 0 Å². The van der Waals surface area contributed by atoms with E-state index in [2.05, 4.69) is 5.32 Å². The zero-order valence-electron chi connectivity index (χ0n) is 18.0. The summed E-state index contributed by atoms with van der Waals surface area (Å²) in [4.78, 5) is 9.87. The van der Waals surface area contributed by atoms with E-state index in [0.717, 1.165) is 17.7 Å². The lowest BCUT2D eigenvalue weighted by Crippen LogP contribution is -2.08. The van der Waals surface area contributed by atoms with E-state index in [9.17, 15) is 26.7 Å². The second-order valence-corrected chi connectivity index (χ2v) is 10.4. The fourth-order valence-electron chi connectivity index (χ4n) is 3.34. The smallest absolute Gasteiger partial charge is 0.409 e. The van der Waals surface area contributed by atoms with Gasteiger partial charge in [-0.05, 0) is 35.9 Å². The van der Waals surface area contributed by atoms with Crippen LogP contribution in [0.1, 0.15) is 0 Å². The van der Waals surface area contributed by atoms with Gasteiger partial charge in [0.2, 0.25) is 0 Å². The second-order valence-electron chi connectivity index (χ2n) is 7.20. The van der Waals surface area contributed by atoms with Crippen LogP contribution in [0.4, 0.5) is 10.5 Å². The van der Waals surface area contributed by atoms with E-state index in [1.165, 1.54) is 30.3 Å². The number of phenolic OH excluding ortho intramolecular Hbond substituents is 1. The van der Waals surface area contributed by atoms with E-state index in [4.69, 9.17) is 25.8 Å². The maximum atomic E-state index is 11.2. The summed E-state index contributed by atoms with van der Waals surface area (Å²) < 4.78 is 62.7. The number of nitrogens with one attached hydrogen (secondary N) is 1. The zero-order chi connectivity index (χ0) is 26.7. The lowest BCUT2D eigenvalue weighted by atomic mass is 10.0. The molecule has 0 unspecified atom stereocenters. The number of hydrogen-bond donors (Lipinski definition) is 5. The largest absolute Gasteiger partial charge is 0.506 e. The topological polar surface area (TPSA) is 178 Å². The average molecular weight is 552 g/mol. The fourth-order valence-corrected chi connectivity index (χ4v) is 4.93. The van der Waals surface area contributed by atoms with Gasteiger partial charge in [0.25, 0.3) is 20.2 Å². The van der Waals surface area contributed by atoms with Gasteiger partial charge in [-0.1, -0.05) is 60.1 Å². The first-order valence-corrected chi connectivity index (χ1v) is 13.1. The van der Waals surface area contributed by atoms with Gasteiger partial charge in [-0.15, -0.1) is 0 Å². The number of carbonyl (C=O) groups is 1. The van der Waals surface area contributed by atoms with E-state index < -0.39 is 36.1 Å². The van der Waals surface area contributed by atoms with Gasteiger partial charge in [0.15, 0.2) is 0 Å². The van der Waals surface area contributed by atoms with Gasteiger partial charge in [-0.2, -0.15) is 16.8 Å². The highest BCUT2D eigenvalue weighted by atomic mass is 35.5. The van der Waals surface area contributed by atoms with Crippen molar-refractivity contribution in [2.75, 3.05) is 5.32 Å². The highest BCUT2D eigenvalue weighted by Crippen LogP contribution is 2.33. The Hall–Kier alpha value is -3.68. The molecule has 0 atom stereocenters. The van der Waals surface area contributed by atoms with Gasteiger partial charge >= 0.3 is 6.09 Å². The average Bonchev–Trinajstić information content (AvgIpc) is 2.79. The molecule has 4 rings (SSSR count). The molecule has 0 aliphatic heterocycles. The summed E-state index contributed by atoms with van der Waals surface area (Å²) in [5, 5.41) is 20.7. The molecule has 0 aromatic heterocycles. The molecule has 10 nitrogen and oxygen atoms in total. The quantitative estimate of drug-likeness (QED) is 0.215. The Morgan fingerprint density at radius 1 is 0.750 bits per heavy atom. The van der Waals surface area contributed by atoms with Crippen LogP contribution in [0.25, 0.3) is 21.9 Å². The number of aromatic hydroxyl groups is 1. The third-order valence-corrected chi connectivity index (χ3v) is 6.95. The van der Waals surface area contributed by atoms with E-state index in [1.54, 1.807) is 36.4 Å². The molecular weight excluding hydrogens is 534 g/mol. The third-order valence-electron chi connectivity index (χ3n) is 4.83. The van der Waals surface area contributed by atoms with Crippen LogP contribution >= 0.6 is 11.6 Å². The fraction of sp³-hybridized carbons (Fsp3) is 0. The molecule has 13 heteroatoms. The Morgan fingerprint density at radius 3 is 1.75 bits per heavy atom. The predicted molar refractivity (Wildman–Crippen MR) is 134 cm³/mol. The Kier molecular flexibility index (Phi) is 7.86. The van der Waals surface area contributed by atoms with E-state index in [0.29, 0.717) is 11.3 Å². The molecule has 0 saturated heterocycles. The van der Waals surface area contributed by atoms with Crippen molar-refractivity contribution in [2.45, 2.75) is 9.79 Å². The summed E-state index contributed by atoms with van der Waals surface area (Å²) in [7, 11) is -8.94. The molecular formula is C23H18ClNO9S2. The van der Waals surface area contributed by atoms with E-state index >= 15 is 0 Å². The highest BCUT2D eigenvalue weighted by Gasteiger charge is 2.19. The molecule has 188 valence electrons. The molecule has 0 saturated carbocycles. The van der Waals surface area contributed by atoms with Crippen molar-refractivity contribution in [2.24, 2.45) is 0 Å². The number of anilines is 1. The van der Waals surface area contributed by atoms with Crippen LogP contribution < -0.4 is 5.32 Å². The maximum absolute atomic E-state index is 11.2. The van der Waals surface area contributed by atoms with Gasteiger partial charge in [-0.25, -0.2) is 4.79 Å². The first-order chi connectivity index (χ1) is 16.8. The van der Waals surface area contributed by atoms with E-state index in [1.807, 2.05) is 0 Å². The molecule has 0 bridgehead atoms. The van der Waals surface area contributed by atoms with Crippen LogP contribution in [0.2, 0.25) is 5.02 Å². The van der Waals surface area contributed by atoms with E-state index in [-0.39, 0.29) is 21.5 Å². The summed E-state index contributed by atoms with van der Waals surface area (Å²) in [5.41, 5.74) is 1.88. The lowest BCUT2D eigenvalue weighted by Gasteiger charge is -2.09. The Balaban J connectivity index is 0.000000201. The molecule has 1 amide bonds. The number of carboxylic acid groups (broad SMARTS) is 1. The molecule has 0 heterocycles. The van der Waals surface area contributed by atoms with Crippen molar-refractivity contribution in [3.8, 4) is 16.9 Å². The summed E-state index contributed by atoms with van der Waals surface area (Å²) in [5.74, 6) is -0.0101. The summed E-state index contributed by atoms with van der Waals surface area (Å²) >= 11 is 5.84. The number of fused-ring (bicyclic) bond motifs is 1. The molecule has 0 aliphatic rings. The number of para-hydroxylation sites is 1. The van der Waals surface area contributed by atoms with Gasteiger partial charge in [0, 0.05) is 16.3 Å². The minimum Gasteiger partial charge on any atom is -0.506 e. The van der Waals surface area contributed by atoms with Crippen LogP contribution in [-0.2, 0) is 20.2 Å². The van der Waals surface area contributed by atoms with Crippen molar-refractivity contribution in [1.82, 2.24) is 0 Å². The summed E-state index contributed by atoms with van der Waals surface area (Å²) in [6.07, 6.45) is -1.13. The minimum atomic E-state index is -4.47. The van der Waals surface area contributed by atoms with Crippen molar-refractivity contribution in [1.29, 1.82) is 0 Å². The number of hydrogen-bond acceptors (Lipinski definition) is 6. The van der Waals surface area contributed by atoms with Crippen LogP contribution in [-0.4, -0.2) is 42.2 Å². The van der Waals surface area contributed by atoms with Crippen molar-refractivity contribution >= 4 is 54.4 Å². The van der Waals surface area contributed by atoms with Gasteiger partial charge in [0.05, 0.1) is 10.7 Å². The predicted octanol–water partition coefficient (Wildman–Crippen LogP) is 5.14. The Morgan fingerprint density at radius 2 is 1.28 bits per heavy atom. The first-order valence-electron chi connectivity index (χ1n) is 9.83. The molecule has 0 radical (unpaired) electrons. The first kappa shape index (κ1) is 26.9. The molecule has 0 aliphatic carbocycles. The lowest BCUT2D eigenvalue weighted by molar-refractivity contribution is 0.209. The molecule has 36 heavy (non-hydrogen) atoms. The Bertz CT molecular complexity index is 1600. The van der Waals surface area contributed by atoms with Gasteiger partial charge in [0.1, 0.15) is 15.5 Å². The number of amides is 1. The monoisotopic (exact) mass is 551 g/mol. The maximum Gasteiger partial charge on any atom is 0.409 e. The van der Waals surface area contributed by atoms with Crippen LogP contribution in [0.5, 0.6) is 5.75 Å². The standard InChI is InChI=1S/C13H10ClNO3.C10H8O6S2/c14-10-7-8(5-6-12(10)16)9-3-1-2-4-11(9)15-13(17)18;11-17(12,13)9-5-1-3-7-8(9)4-2-6-10(7)18(14,15)16/h1-7,15-16H,(H,17,18);1-6H,(H,11,12,13)(H,14,15,16). The Labute approximate surface area is 210 Å². The number of rotatable bonds is 4. The minimum absolute atomic E-state index is 0.0101. The van der Waals surface area contributed by atoms with Crippen LogP contribution in [0.3, 0.4) is 0 Å². The van der Waals surface area contributed by atoms with Crippen LogP contribution in [0, 0.1) is 0 Å².